The van der Waals surface area contributed by atoms with Gasteiger partial charge in [0.1, 0.15) is 6.10 Å². The second-order valence-electron chi connectivity index (χ2n) is 6.63. The van der Waals surface area contributed by atoms with E-state index >= 15 is 0 Å². The van der Waals surface area contributed by atoms with Crippen LogP contribution in [0.5, 0.6) is 11.9 Å². The molecule has 3 rings (SSSR count). The molecule has 1 aromatic heterocycles. The molecule has 2 aliphatic heterocycles. The largest absolute Gasteiger partial charge is 0.474 e. The molecule has 2 aliphatic rings. The number of rotatable bonds is 4. The van der Waals surface area contributed by atoms with Crippen LogP contribution in [0.1, 0.15) is 25.7 Å². The number of carbonyl (C=O) groups is 1. The van der Waals surface area contributed by atoms with E-state index in [-0.39, 0.29) is 12.0 Å². The molecule has 7 nitrogen and oxygen atoms in total. The van der Waals surface area contributed by atoms with Crippen LogP contribution in [0.25, 0.3) is 0 Å². The average Bonchev–Trinajstić information content (AvgIpc) is 2.62. The molecule has 0 aromatic carbocycles. The third-order valence-electron chi connectivity index (χ3n) is 4.81. The maximum absolute atomic E-state index is 12.7. The van der Waals surface area contributed by atoms with Crippen molar-refractivity contribution in [2.45, 2.75) is 31.8 Å². The summed E-state index contributed by atoms with van der Waals surface area (Å²) >= 11 is 0. The monoisotopic (exact) mass is 334 g/mol. The third-order valence-corrected chi connectivity index (χ3v) is 4.81. The molecule has 1 unspecified atom stereocenters. The zero-order valence-corrected chi connectivity index (χ0v) is 14.5. The fraction of sp³-hybridized carbons (Fsp3) is 0.706. The molecule has 1 amide bonds. The smallest absolute Gasteiger partial charge is 0.319 e. The molecule has 1 atom stereocenters. The van der Waals surface area contributed by atoms with Gasteiger partial charge in [0.2, 0.25) is 11.8 Å². The fourth-order valence-electron chi connectivity index (χ4n) is 3.48. The number of hydrogen-bond donors (Lipinski definition) is 0. The summed E-state index contributed by atoms with van der Waals surface area (Å²) in [5.74, 6) is 0.997. The highest BCUT2D eigenvalue weighted by Gasteiger charge is 2.31. The first-order chi connectivity index (χ1) is 11.7. The van der Waals surface area contributed by atoms with Gasteiger partial charge in [0.25, 0.3) is 0 Å². The van der Waals surface area contributed by atoms with E-state index in [1.807, 2.05) is 4.90 Å². The van der Waals surface area contributed by atoms with Gasteiger partial charge in [-0.2, -0.15) is 4.98 Å². The lowest BCUT2D eigenvalue weighted by Gasteiger charge is -2.36. The Bertz CT molecular complexity index is 561. The molecule has 2 fully saturated rings. The van der Waals surface area contributed by atoms with Gasteiger partial charge in [0.15, 0.2) is 0 Å². The number of carbonyl (C=O) groups excluding carboxylic acids is 1. The summed E-state index contributed by atoms with van der Waals surface area (Å²) in [6.45, 7) is 3.50. The predicted molar refractivity (Wildman–Crippen MR) is 89.0 cm³/mol. The summed E-state index contributed by atoms with van der Waals surface area (Å²) in [5, 5.41) is 0. The van der Waals surface area contributed by atoms with Crippen molar-refractivity contribution in [1.29, 1.82) is 0 Å². The van der Waals surface area contributed by atoms with Crippen molar-refractivity contribution in [3.8, 4) is 11.9 Å². The summed E-state index contributed by atoms with van der Waals surface area (Å²) < 4.78 is 10.9. The van der Waals surface area contributed by atoms with Crippen LogP contribution in [-0.2, 0) is 4.79 Å². The van der Waals surface area contributed by atoms with Gasteiger partial charge in [0.05, 0.1) is 13.0 Å². The summed E-state index contributed by atoms with van der Waals surface area (Å²) in [5.41, 5.74) is 0. The predicted octanol–water partition coefficient (Wildman–Crippen LogP) is 1.20. The number of aromatic nitrogens is 2. The SMILES string of the molecule is COc1nccc(OC2CCN(C(=O)C3CCCN(C)C3)CC2)n1. The van der Waals surface area contributed by atoms with Crippen molar-refractivity contribution in [3.63, 3.8) is 0 Å². The van der Waals surface area contributed by atoms with Crippen LogP contribution in [0.3, 0.4) is 0 Å². The molecule has 0 saturated carbocycles. The molecule has 0 bridgehead atoms. The Morgan fingerprint density at radius 3 is 2.75 bits per heavy atom. The number of amides is 1. The van der Waals surface area contributed by atoms with E-state index in [9.17, 15) is 4.79 Å². The van der Waals surface area contributed by atoms with Gasteiger partial charge in [-0.25, -0.2) is 4.98 Å². The maximum Gasteiger partial charge on any atom is 0.319 e. The highest BCUT2D eigenvalue weighted by Crippen LogP contribution is 2.22. The van der Waals surface area contributed by atoms with Gasteiger partial charge >= 0.3 is 6.01 Å². The van der Waals surface area contributed by atoms with Crippen molar-refractivity contribution in [3.05, 3.63) is 12.3 Å². The zero-order chi connectivity index (χ0) is 16.9. The Kier molecular flexibility index (Phi) is 5.50. The van der Waals surface area contributed by atoms with E-state index in [2.05, 4.69) is 21.9 Å². The number of ether oxygens (including phenoxy) is 2. The lowest BCUT2D eigenvalue weighted by atomic mass is 9.95. The molecule has 0 N–H and O–H groups in total. The number of methoxy groups -OCH3 is 1. The number of hydrogen-bond acceptors (Lipinski definition) is 6. The minimum atomic E-state index is 0.0858. The third kappa shape index (κ3) is 4.14. The molecule has 132 valence electrons. The van der Waals surface area contributed by atoms with Crippen LogP contribution in [-0.4, -0.2) is 72.1 Å². The average molecular weight is 334 g/mol. The zero-order valence-electron chi connectivity index (χ0n) is 14.5. The minimum Gasteiger partial charge on any atom is -0.474 e. The lowest BCUT2D eigenvalue weighted by molar-refractivity contribution is -0.139. The fourth-order valence-corrected chi connectivity index (χ4v) is 3.48. The normalized spacial score (nSPS) is 23.1. The maximum atomic E-state index is 12.7. The number of nitrogens with zero attached hydrogens (tertiary/aromatic N) is 4. The molecule has 7 heteroatoms. The van der Waals surface area contributed by atoms with Crippen LogP contribution in [0, 0.1) is 5.92 Å². The van der Waals surface area contributed by atoms with Crippen molar-refractivity contribution in [2.75, 3.05) is 40.3 Å². The first-order valence-electron chi connectivity index (χ1n) is 8.66. The van der Waals surface area contributed by atoms with Crippen LogP contribution in [0.2, 0.25) is 0 Å². The highest BCUT2D eigenvalue weighted by molar-refractivity contribution is 5.79. The number of likely N-dealkylation sites (tertiary alicyclic amines) is 2. The van der Waals surface area contributed by atoms with Gasteiger partial charge in [-0.1, -0.05) is 0 Å². The van der Waals surface area contributed by atoms with Crippen LogP contribution >= 0.6 is 0 Å². The Balaban J connectivity index is 1.49. The van der Waals surface area contributed by atoms with E-state index in [0.29, 0.717) is 17.8 Å². The van der Waals surface area contributed by atoms with Gasteiger partial charge in [-0.3, -0.25) is 4.79 Å². The quantitative estimate of drug-likeness (QED) is 0.824. The van der Waals surface area contributed by atoms with Crippen molar-refractivity contribution >= 4 is 5.91 Å². The molecule has 0 radical (unpaired) electrons. The molecule has 0 aliphatic carbocycles. The molecule has 3 heterocycles. The Morgan fingerprint density at radius 2 is 2.04 bits per heavy atom. The molecule has 0 spiro atoms. The van der Waals surface area contributed by atoms with Crippen LogP contribution in [0.15, 0.2) is 12.3 Å². The molecule has 2 saturated heterocycles. The summed E-state index contributed by atoms with van der Waals surface area (Å²) in [4.78, 5) is 25.1. The second kappa shape index (κ2) is 7.79. The van der Waals surface area contributed by atoms with E-state index in [0.717, 1.165) is 51.9 Å². The van der Waals surface area contributed by atoms with E-state index < -0.39 is 0 Å². The summed E-state index contributed by atoms with van der Waals surface area (Å²) in [6.07, 6.45) is 5.51. The number of piperidine rings is 2. The Hall–Kier alpha value is -1.89. The summed E-state index contributed by atoms with van der Waals surface area (Å²) in [7, 11) is 3.63. The molecular weight excluding hydrogens is 308 g/mol. The lowest BCUT2D eigenvalue weighted by Crippen LogP contribution is -2.47. The summed E-state index contributed by atoms with van der Waals surface area (Å²) in [6, 6.07) is 2.04. The van der Waals surface area contributed by atoms with Crippen molar-refractivity contribution in [1.82, 2.24) is 19.8 Å². The van der Waals surface area contributed by atoms with E-state index in [4.69, 9.17) is 9.47 Å². The van der Waals surface area contributed by atoms with Crippen molar-refractivity contribution in [2.24, 2.45) is 5.92 Å². The van der Waals surface area contributed by atoms with Crippen LogP contribution < -0.4 is 9.47 Å². The van der Waals surface area contributed by atoms with Gasteiger partial charge < -0.3 is 19.3 Å². The second-order valence-corrected chi connectivity index (χ2v) is 6.63. The van der Waals surface area contributed by atoms with Gasteiger partial charge in [0, 0.05) is 44.7 Å². The standard InChI is InChI=1S/C17H26N4O3/c1-20-9-3-4-13(12-20)16(22)21-10-6-14(7-11-21)24-15-5-8-18-17(19-15)23-2/h5,8,13-14H,3-4,6-7,9-12H2,1-2H3. The van der Waals surface area contributed by atoms with Crippen LogP contribution in [0.4, 0.5) is 0 Å². The Labute approximate surface area is 143 Å². The molecule has 1 aromatic rings. The highest BCUT2D eigenvalue weighted by atomic mass is 16.5. The molecule has 24 heavy (non-hydrogen) atoms. The van der Waals surface area contributed by atoms with Gasteiger partial charge in [-0.05, 0) is 26.4 Å². The first kappa shape index (κ1) is 17.0. The van der Waals surface area contributed by atoms with Gasteiger partial charge in [-0.15, -0.1) is 0 Å². The topological polar surface area (TPSA) is 67.8 Å². The van der Waals surface area contributed by atoms with Crippen molar-refractivity contribution < 1.29 is 14.3 Å². The minimum absolute atomic E-state index is 0.0858. The Morgan fingerprint density at radius 1 is 1.25 bits per heavy atom. The first-order valence-corrected chi connectivity index (χ1v) is 8.66. The molecular formula is C17H26N4O3. The van der Waals surface area contributed by atoms with E-state index in [1.54, 1.807) is 12.3 Å². The van der Waals surface area contributed by atoms with E-state index in [1.165, 1.54) is 7.11 Å².